The quantitative estimate of drug-likeness (QED) is 0.618. The largest absolute Gasteiger partial charge is 0.352 e. The summed E-state index contributed by atoms with van der Waals surface area (Å²) >= 11 is 0. The zero-order chi connectivity index (χ0) is 21.0. The topological polar surface area (TPSA) is 58.2 Å². The first kappa shape index (κ1) is 20.1. The van der Waals surface area contributed by atoms with E-state index >= 15 is 0 Å². The number of hydrogen-bond acceptors (Lipinski definition) is 2. The molecule has 0 spiro atoms. The summed E-state index contributed by atoms with van der Waals surface area (Å²) < 4.78 is 13.7. The van der Waals surface area contributed by atoms with E-state index in [9.17, 15) is 14.0 Å². The second kappa shape index (κ2) is 8.66. The number of hydrogen-bond donors (Lipinski definition) is 2. The summed E-state index contributed by atoms with van der Waals surface area (Å²) in [6, 6.07) is 20.9. The average Bonchev–Trinajstić information content (AvgIpc) is 3.12. The van der Waals surface area contributed by atoms with Gasteiger partial charge in [-0.05, 0) is 41.7 Å². The molecule has 4 nitrogen and oxygen atoms in total. The van der Waals surface area contributed by atoms with Crippen molar-refractivity contribution in [1.82, 2.24) is 10.6 Å². The monoisotopic (exact) mass is 404 g/mol. The van der Waals surface area contributed by atoms with Gasteiger partial charge in [0.25, 0.3) is 0 Å². The Hall–Kier alpha value is -3.21. The molecule has 5 heteroatoms. The summed E-state index contributed by atoms with van der Waals surface area (Å²) in [7, 11) is 0. The molecule has 3 aromatic rings. The predicted molar refractivity (Wildman–Crippen MR) is 115 cm³/mol. The smallest absolute Gasteiger partial charge is 0.220 e. The Morgan fingerprint density at radius 2 is 1.80 bits per heavy atom. The number of nitrogens with one attached hydrogen (secondary N) is 2. The molecule has 1 saturated heterocycles. The third kappa shape index (κ3) is 4.67. The summed E-state index contributed by atoms with van der Waals surface area (Å²) in [6.07, 6.45) is 2.70. The van der Waals surface area contributed by atoms with E-state index in [0.29, 0.717) is 31.2 Å². The molecule has 1 fully saturated rings. The van der Waals surface area contributed by atoms with E-state index in [1.54, 1.807) is 18.2 Å². The standard InChI is InChI=1S/C25H25FN2O2/c26-22-8-4-3-7-21(22)17-27-23(29)11-13-25(14-12-24(30)28-25)16-18-9-10-19-5-1-2-6-20(19)15-18/h1-10,15H,11-14,16-17H2,(H,27,29)(H,28,30). The van der Waals surface area contributed by atoms with Crippen molar-refractivity contribution >= 4 is 22.6 Å². The van der Waals surface area contributed by atoms with E-state index in [0.717, 1.165) is 10.9 Å². The third-order valence-corrected chi connectivity index (χ3v) is 5.86. The van der Waals surface area contributed by atoms with Crippen LogP contribution in [0.25, 0.3) is 10.8 Å². The van der Waals surface area contributed by atoms with Gasteiger partial charge in [-0.25, -0.2) is 4.39 Å². The van der Waals surface area contributed by atoms with Gasteiger partial charge in [-0.1, -0.05) is 60.7 Å². The van der Waals surface area contributed by atoms with Gasteiger partial charge < -0.3 is 10.6 Å². The van der Waals surface area contributed by atoms with Gasteiger partial charge in [-0.15, -0.1) is 0 Å². The Morgan fingerprint density at radius 3 is 2.57 bits per heavy atom. The van der Waals surface area contributed by atoms with Gasteiger partial charge in [0, 0.05) is 30.5 Å². The van der Waals surface area contributed by atoms with E-state index in [1.165, 1.54) is 11.5 Å². The molecule has 1 aliphatic heterocycles. The van der Waals surface area contributed by atoms with Crippen molar-refractivity contribution in [3.63, 3.8) is 0 Å². The summed E-state index contributed by atoms with van der Waals surface area (Å²) in [5.74, 6) is -0.437. The van der Waals surface area contributed by atoms with Crippen molar-refractivity contribution in [1.29, 1.82) is 0 Å². The Bertz CT molecular complexity index is 1080. The highest BCUT2D eigenvalue weighted by Gasteiger charge is 2.37. The number of benzene rings is 3. The van der Waals surface area contributed by atoms with E-state index < -0.39 is 5.54 Å². The molecular weight excluding hydrogens is 379 g/mol. The van der Waals surface area contributed by atoms with Crippen molar-refractivity contribution in [2.75, 3.05) is 0 Å². The van der Waals surface area contributed by atoms with Crippen molar-refractivity contribution in [2.45, 2.75) is 44.2 Å². The fourth-order valence-electron chi connectivity index (χ4n) is 4.20. The number of fused-ring (bicyclic) bond motifs is 1. The number of carbonyl (C=O) groups excluding carboxylic acids is 2. The van der Waals surface area contributed by atoms with Crippen LogP contribution in [0.1, 0.15) is 36.8 Å². The first-order chi connectivity index (χ1) is 14.5. The highest BCUT2D eigenvalue weighted by Crippen LogP contribution is 2.30. The Labute approximate surface area is 175 Å². The Balaban J connectivity index is 1.41. The van der Waals surface area contributed by atoms with Crippen LogP contribution in [0.2, 0.25) is 0 Å². The van der Waals surface area contributed by atoms with Gasteiger partial charge in [-0.3, -0.25) is 9.59 Å². The first-order valence-electron chi connectivity index (χ1n) is 10.3. The van der Waals surface area contributed by atoms with E-state index in [2.05, 4.69) is 41.0 Å². The van der Waals surface area contributed by atoms with Crippen LogP contribution in [0.4, 0.5) is 4.39 Å². The summed E-state index contributed by atoms with van der Waals surface area (Å²) in [6.45, 7) is 0.162. The maximum Gasteiger partial charge on any atom is 0.220 e. The molecule has 0 aliphatic carbocycles. The molecule has 30 heavy (non-hydrogen) atoms. The lowest BCUT2D eigenvalue weighted by Gasteiger charge is -2.29. The molecule has 1 heterocycles. The van der Waals surface area contributed by atoms with Gasteiger partial charge in [0.1, 0.15) is 5.82 Å². The molecule has 0 saturated carbocycles. The molecule has 1 unspecified atom stereocenters. The highest BCUT2D eigenvalue weighted by molar-refractivity contribution is 5.83. The van der Waals surface area contributed by atoms with Gasteiger partial charge in [0.2, 0.25) is 11.8 Å². The van der Waals surface area contributed by atoms with Crippen LogP contribution < -0.4 is 10.6 Å². The summed E-state index contributed by atoms with van der Waals surface area (Å²) in [5, 5.41) is 8.25. The number of amides is 2. The third-order valence-electron chi connectivity index (χ3n) is 5.86. The minimum atomic E-state index is -0.422. The van der Waals surface area contributed by atoms with Crippen molar-refractivity contribution in [3.05, 3.63) is 83.7 Å². The van der Waals surface area contributed by atoms with Crippen LogP contribution in [-0.4, -0.2) is 17.4 Å². The van der Waals surface area contributed by atoms with Crippen LogP contribution >= 0.6 is 0 Å². The second-order valence-corrected chi connectivity index (χ2v) is 8.05. The number of halogens is 1. The fourth-order valence-corrected chi connectivity index (χ4v) is 4.20. The molecule has 1 atom stereocenters. The van der Waals surface area contributed by atoms with E-state index in [4.69, 9.17) is 0 Å². The molecule has 154 valence electrons. The summed E-state index contributed by atoms with van der Waals surface area (Å²) in [5.41, 5.74) is 1.18. The van der Waals surface area contributed by atoms with Crippen molar-refractivity contribution in [3.8, 4) is 0 Å². The lowest BCUT2D eigenvalue weighted by molar-refractivity contribution is -0.122. The van der Waals surface area contributed by atoms with Gasteiger partial charge >= 0.3 is 0 Å². The van der Waals surface area contributed by atoms with Gasteiger partial charge in [-0.2, -0.15) is 0 Å². The molecule has 2 N–H and O–H groups in total. The SMILES string of the molecule is O=C(CCC1(Cc2ccc3ccccc3c2)CCC(=O)N1)NCc1ccccc1F. The van der Waals surface area contributed by atoms with Crippen LogP contribution in [0.3, 0.4) is 0 Å². The van der Waals surface area contributed by atoms with E-state index in [-0.39, 0.29) is 30.6 Å². The maximum absolute atomic E-state index is 13.7. The predicted octanol–water partition coefficient (Wildman–Crippen LogP) is 4.27. The molecule has 2 amide bonds. The fraction of sp³-hybridized carbons (Fsp3) is 0.280. The molecule has 0 radical (unpaired) electrons. The van der Waals surface area contributed by atoms with Gasteiger partial charge in [0.05, 0.1) is 0 Å². The van der Waals surface area contributed by atoms with Crippen LogP contribution in [0, 0.1) is 5.82 Å². The van der Waals surface area contributed by atoms with Gasteiger partial charge in [0.15, 0.2) is 0 Å². The molecule has 3 aromatic carbocycles. The second-order valence-electron chi connectivity index (χ2n) is 8.05. The maximum atomic E-state index is 13.7. The first-order valence-corrected chi connectivity index (χ1v) is 10.3. The van der Waals surface area contributed by atoms with E-state index in [1.807, 2.05) is 12.1 Å². The Morgan fingerprint density at radius 1 is 1.03 bits per heavy atom. The zero-order valence-corrected chi connectivity index (χ0v) is 16.8. The van der Waals surface area contributed by atoms with Crippen LogP contribution in [0.5, 0.6) is 0 Å². The molecule has 4 rings (SSSR count). The zero-order valence-electron chi connectivity index (χ0n) is 16.8. The highest BCUT2D eigenvalue weighted by atomic mass is 19.1. The van der Waals surface area contributed by atoms with Crippen molar-refractivity contribution in [2.24, 2.45) is 0 Å². The van der Waals surface area contributed by atoms with Crippen LogP contribution in [-0.2, 0) is 22.6 Å². The minimum Gasteiger partial charge on any atom is -0.352 e. The lowest BCUT2D eigenvalue weighted by Crippen LogP contribution is -2.44. The average molecular weight is 404 g/mol. The van der Waals surface area contributed by atoms with Crippen molar-refractivity contribution < 1.29 is 14.0 Å². The number of rotatable bonds is 7. The molecule has 0 aromatic heterocycles. The molecule has 0 bridgehead atoms. The normalized spacial score (nSPS) is 18.4. The molecular formula is C25H25FN2O2. The van der Waals surface area contributed by atoms with Crippen LogP contribution in [0.15, 0.2) is 66.7 Å². The number of carbonyl (C=O) groups is 2. The minimum absolute atomic E-state index is 0.0301. The molecule has 1 aliphatic rings. The summed E-state index contributed by atoms with van der Waals surface area (Å²) in [4.78, 5) is 24.4. The Kier molecular flexibility index (Phi) is 5.79. The lowest BCUT2D eigenvalue weighted by atomic mass is 9.84.